The van der Waals surface area contributed by atoms with Gasteiger partial charge in [-0.05, 0) is 61.6 Å². The van der Waals surface area contributed by atoms with Crippen molar-refractivity contribution in [2.24, 2.45) is 0 Å². The number of halogens is 2. The van der Waals surface area contributed by atoms with Crippen LogP contribution >= 0.6 is 23.2 Å². The summed E-state index contributed by atoms with van der Waals surface area (Å²) in [5.41, 5.74) is 1.68. The first-order chi connectivity index (χ1) is 20.7. The number of carbonyl (C=O) groups excluding carboxylic acids is 2. The Hall–Kier alpha value is -3.07. The van der Waals surface area contributed by atoms with E-state index >= 15 is 0 Å². The molecule has 0 heterocycles. The van der Waals surface area contributed by atoms with E-state index in [9.17, 15) is 18.0 Å². The molecule has 1 aliphatic rings. The van der Waals surface area contributed by atoms with Crippen molar-refractivity contribution in [3.63, 3.8) is 0 Å². The highest BCUT2D eigenvalue weighted by atomic mass is 35.5. The third kappa shape index (κ3) is 7.91. The molecule has 0 radical (unpaired) electrons. The van der Waals surface area contributed by atoms with Crippen LogP contribution in [0.15, 0.2) is 77.7 Å². The molecular weight excluding hydrogens is 605 g/mol. The first-order valence-corrected chi connectivity index (χ1v) is 17.0. The number of anilines is 1. The fourth-order valence-electron chi connectivity index (χ4n) is 5.60. The molecule has 230 valence electrons. The Morgan fingerprint density at radius 1 is 0.884 bits per heavy atom. The summed E-state index contributed by atoms with van der Waals surface area (Å²) in [7, 11) is -4.15. The number of para-hydroxylation sites is 1. The van der Waals surface area contributed by atoms with Crippen LogP contribution in [0.1, 0.15) is 63.5 Å². The van der Waals surface area contributed by atoms with Crippen molar-refractivity contribution in [3.8, 4) is 0 Å². The van der Waals surface area contributed by atoms with E-state index in [4.69, 9.17) is 23.2 Å². The Morgan fingerprint density at radius 2 is 1.51 bits per heavy atom. The maximum Gasteiger partial charge on any atom is 0.264 e. The average Bonchev–Trinajstić information content (AvgIpc) is 3.02. The minimum Gasteiger partial charge on any atom is -0.352 e. The number of rotatable bonds is 12. The van der Waals surface area contributed by atoms with E-state index in [-0.39, 0.29) is 23.4 Å². The topological polar surface area (TPSA) is 86.8 Å². The zero-order valence-electron chi connectivity index (χ0n) is 24.6. The van der Waals surface area contributed by atoms with Gasteiger partial charge in [0.05, 0.1) is 10.6 Å². The van der Waals surface area contributed by atoms with Gasteiger partial charge < -0.3 is 10.2 Å². The van der Waals surface area contributed by atoms with E-state index < -0.39 is 28.5 Å². The SMILES string of the molecule is CCc1ccccc1N(CC(=O)N(Cc1c(Cl)cccc1Cl)[C@@H](CC)C(=O)NC1CCCCC1)S(=O)(=O)c1ccccc1. The largest absolute Gasteiger partial charge is 0.352 e. The number of carbonyl (C=O) groups is 2. The van der Waals surface area contributed by atoms with Crippen molar-refractivity contribution < 1.29 is 18.0 Å². The van der Waals surface area contributed by atoms with Gasteiger partial charge in [0.2, 0.25) is 11.8 Å². The number of nitrogens with one attached hydrogen (secondary N) is 1. The average molecular weight is 645 g/mol. The predicted molar refractivity (Wildman–Crippen MR) is 173 cm³/mol. The Kier molecular flexibility index (Phi) is 11.5. The number of sulfonamides is 1. The van der Waals surface area contributed by atoms with Crippen LogP contribution in [-0.2, 0) is 32.6 Å². The molecule has 0 aliphatic heterocycles. The van der Waals surface area contributed by atoms with Gasteiger partial charge in [-0.3, -0.25) is 13.9 Å². The molecule has 1 saturated carbocycles. The quantitative estimate of drug-likeness (QED) is 0.230. The van der Waals surface area contributed by atoms with Gasteiger partial charge in [-0.25, -0.2) is 8.42 Å². The number of benzene rings is 3. The Balaban J connectivity index is 1.76. The monoisotopic (exact) mass is 643 g/mol. The van der Waals surface area contributed by atoms with Crippen LogP contribution in [0.5, 0.6) is 0 Å². The van der Waals surface area contributed by atoms with Crippen molar-refractivity contribution in [2.45, 2.75) is 82.3 Å². The van der Waals surface area contributed by atoms with Gasteiger partial charge in [-0.2, -0.15) is 0 Å². The number of aryl methyl sites for hydroxylation is 1. The maximum atomic E-state index is 14.4. The maximum absolute atomic E-state index is 14.4. The Labute approximate surface area is 265 Å². The zero-order valence-corrected chi connectivity index (χ0v) is 27.0. The summed E-state index contributed by atoms with van der Waals surface area (Å²) in [4.78, 5) is 29.6. The number of nitrogens with zero attached hydrogens (tertiary/aromatic N) is 2. The van der Waals surface area contributed by atoms with Gasteiger partial charge >= 0.3 is 0 Å². The van der Waals surface area contributed by atoms with Gasteiger partial charge in [0, 0.05) is 28.2 Å². The summed E-state index contributed by atoms with van der Waals surface area (Å²) in [6.07, 6.45) is 5.90. The molecule has 3 aromatic rings. The molecular formula is C33H39Cl2N3O4S. The molecule has 1 N–H and O–H groups in total. The lowest BCUT2D eigenvalue weighted by Gasteiger charge is -2.35. The van der Waals surface area contributed by atoms with Crippen LogP contribution in [0.25, 0.3) is 0 Å². The highest BCUT2D eigenvalue weighted by Gasteiger charge is 2.35. The van der Waals surface area contributed by atoms with Crippen LogP contribution in [0, 0.1) is 0 Å². The minimum absolute atomic E-state index is 0.0440. The number of amides is 2. The lowest BCUT2D eigenvalue weighted by atomic mass is 9.95. The normalized spacial score (nSPS) is 14.6. The summed E-state index contributed by atoms with van der Waals surface area (Å²) < 4.78 is 29.3. The fraction of sp³-hybridized carbons (Fsp3) is 0.394. The summed E-state index contributed by atoms with van der Waals surface area (Å²) >= 11 is 13.1. The van der Waals surface area contributed by atoms with Crippen molar-refractivity contribution >= 4 is 50.7 Å². The Morgan fingerprint density at radius 3 is 2.14 bits per heavy atom. The van der Waals surface area contributed by atoms with Crippen LogP contribution < -0.4 is 9.62 Å². The van der Waals surface area contributed by atoms with Gasteiger partial charge in [0.25, 0.3) is 10.0 Å². The lowest BCUT2D eigenvalue weighted by Crippen LogP contribution is -2.54. The van der Waals surface area contributed by atoms with E-state index in [2.05, 4.69) is 5.32 Å². The molecule has 0 saturated heterocycles. The molecule has 10 heteroatoms. The molecule has 0 aromatic heterocycles. The molecule has 0 bridgehead atoms. The second-order valence-corrected chi connectivity index (χ2v) is 13.5. The van der Waals surface area contributed by atoms with Crippen LogP contribution in [-0.4, -0.2) is 43.8 Å². The standard InChI is InChI=1S/C33H39Cl2N3O4S/c1-3-24-14-11-12-21-31(24)38(43(41,42)26-17-9-6-10-18-26)23-32(39)37(22-27-28(34)19-13-20-29(27)35)30(4-2)33(40)36-25-15-7-5-8-16-25/h6,9-14,17-21,25,30H,3-5,7-8,15-16,22-23H2,1-2H3,(H,36,40)/t30-/m0/s1. The summed E-state index contributed by atoms with van der Waals surface area (Å²) in [5, 5.41) is 3.87. The van der Waals surface area contributed by atoms with E-state index in [0.717, 1.165) is 42.0 Å². The summed E-state index contributed by atoms with van der Waals surface area (Å²) in [6, 6.07) is 19.4. The van der Waals surface area contributed by atoms with Crippen molar-refractivity contribution in [1.82, 2.24) is 10.2 Å². The predicted octanol–water partition coefficient (Wildman–Crippen LogP) is 7.01. The van der Waals surface area contributed by atoms with Crippen molar-refractivity contribution in [3.05, 3.63) is 94.0 Å². The highest BCUT2D eigenvalue weighted by molar-refractivity contribution is 7.92. The van der Waals surface area contributed by atoms with Crippen molar-refractivity contribution in [1.29, 1.82) is 0 Å². The van der Waals surface area contributed by atoms with E-state index in [0.29, 0.717) is 34.1 Å². The first kappa shape index (κ1) is 32.8. The van der Waals surface area contributed by atoms with E-state index in [1.54, 1.807) is 48.5 Å². The third-order valence-corrected chi connectivity index (χ3v) is 10.5. The molecule has 4 rings (SSSR count). The minimum atomic E-state index is -4.15. The fourth-order valence-corrected chi connectivity index (χ4v) is 7.59. The second kappa shape index (κ2) is 15.1. The highest BCUT2D eigenvalue weighted by Crippen LogP contribution is 2.30. The third-order valence-electron chi connectivity index (χ3n) is 7.98. The second-order valence-electron chi connectivity index (χ2n) is 10.8. The van der Waals surface area contributed by atoms with Gasteiger partial charge in [-0.15, -0.1) is 0 Å². The molecule has 43 heavy (non-hydrogen) atoms. The molecule has 7 nitrogen and oxygen atoms in total. The molecule has 0 spiro atoms. The summed E-state index contributed by atoms with van der Waals surface area (Å²) in [6.45, 7) is 3.21. The first-order valence-electron chi connectivity index (χ1n) is 14.9. The van der Waals surface area contributed by atoms with Crippen molar-refractivity contribution in [2.75, 3.05) is 10.8 Å². The van der Waals surface area contributed by atoms with E-state index in [1.165, 1.54) is 17.0 Å². The lowest BCUT2D eigenvalue weighted by molar-refractivity contribution is -0.140. The molecule has 0 unspecified atom stereocenters. The van der Waals surface area contributed by atoms with Gasteiger partial charge in [0.15, 0.2) is 0 Å². The van der Waals surface area contributed by atoms with Gasteiger partial charge in [0.1, 0.15) is 12.6 Å². The molecule has 2 amide bonds. The summed E-state index contributed by atoms with van der Waals surface area (Å²) in [5.74, 6) is -0.801. The van der Waals surface area contributed by atoms with Crippen LogP contribution in [0.4, 0.5) is 5.69 Å². The van der Waals surface area contributed by atoms with E-state index in [1.807, 2.05) is 26.0 Å². The number of hydrogen-bond acceptors (Lipinski definition) is 4. The zero-order chi connectivity index (χ0) is 31.0. The molecule has 1 fully saturated rings. The molecule has 3 aromatic carbocycles. The molecule has 1 aliphatic carbocycles. The Bertz CT molecular complexity index is 1490. The number of hydrogen-bond donors (Lipinski definition) is 1. The van der Waals surface area contributed by atoms with Crippen LogP contribution in [0.3, 0.4) is 0 Å². The van der Waals surface area contributed by atoms with Crippen LogP contribution in [0.2, 0.25) is 10.0 Å². The molecule has 1 atom stereocenters. The smallest absolute Gasteiger partial charge is 0.264 e. The van der Waals surface area contributed by atoms with Gasteiger partial charge in [-0.1, -0.05) is 98.8 Å².